The van der Waals surface area contributed by atoms with Crippen LogP contribution in [0.1, 0.15) is 35.3 Å². The average Bonchev–Trinajstić information content (AvgIpc) is 2.62. The number of hydrogen-bond donors (Lipinski definition) is 0. The van der Waals surface area contributed by atoms with Gasteiger partial charge in [-0.1, -0.05) is 29.8 Å². The summed E-state index contributed by atoms with van der Waals surface area (Å²) in [5.41, 5.74) is 3.88. The van der Waals surface area contributed by atoms with Crippen molar-refractivity contribution in [3.63, 3.8) is 0 Å². The summed E-state index contributed by atoms with van der Waals surface area (Å²) in [5.74, 6) is 0.0891. The Kier molecular flexibility index (Phi) is 5.00. The van der Waals surface area contributed by atoms with Crippen molar-refractivity contribution in [2.45, 2.75) is 26.8 Å². The van der Waals surface area contributed by atoms with E-state index in [0.29, 0.717) is 6.04 Å². The number of nitrogens with zero attached hydrogens (tertiary/aromatic N) is 2. The predicted octanol–water partition coefficient (Wildman–Crippen LogP) is 3.76. The molecule has 2 aromatic carbocycles. The largest absolute Gasteiger partial charge is 0.369 e. The Bertz CT molecular complexity index is 681. The monoisotopic (exact) mass is 322 g/mol. The van der Waals surface area contributed by atoms with E-state index in [2.05, 4.69) is 35.8 Å². The molecule has 0 aliphatic carbocycles. The molecule has 0 unspecified atom stereocenters. The molecule has 3 nitrogen and oxygen atoms in total. The first kappa shape index (κ1) is 16.7. The van der Waals surface area contributed by atoms with Gasteiger partial charge in [0.1, 0.15) is 0 Å². The molecule has 1 fully saturated rings. The third-order valence-electron chi connectivity index (χ3n) is 4.85. The highest BCUT2D eigenvalue weighted by Gasteiger charge is 2.19. The summed E-state index contributed by atoms with van der Waals surface area (Å²) in [4.78, 5) is 17.5. The maximum atomic E-state index is 12.5. The molecule has 24 heavy (non-hydrogen) atoms. The number of ketones is 1. The summed E-state index contributed by atoms with van der Waals surface area (Å²) in [6.07, 6.45) is 0. The molecule has 0 amide bonds. The number of carbonyl (C=O) groups excluding carboxylic acids is 1. The fourth-order valence-electron chi connectivity index (χ4n) is 3.19. The zero-order valence-corrected chi connectivity index (χ0v) is 14.8. The Balaban J connectivity index is 1.67. The van der Waals surface area contributed by atoms with E-state index in [1.54, 1.807) is 0 Å². The molecule has 0 spiro atoms. The molecule has 0 aromatic heterocycles. The van der Waals surface area contributed by atoms with Crippen molar-refractivity contribution in [3.8, 4) is 0 Å². The highest BCUT2D eigenvalue weighted by molar-refractivity contribution is 6.09. The van der Waals surface area contributed by atoms with Crippen LogP contribution in [0.4, 0.5) is 5.69 Å². The van der Waals surface area contributed by atoms with Gasteiger partial charge in [-0.15, -0.1) is 0 Å². The molecule has 126 valence electrons. The number of hydrogen-bond acceptors (Lipinski definition) is 3. The molecule has 1 aliphatic heterocycles. The second kappa shape index (κ2) is 7.18. The van der Waals surface area contributed by atoms with E-state index in [1.807, 2.05) is 43.3 Å². The Morgan fingerprint density at radius 1 is 0.833 bits per heavy atom. The van der Waals surface area contributed by atoms with E-state index in [-0.39, 0.29) is 5.78 Å². The Hall–Kier alpha value is -2.13. The van der Waals surface area contributed by atoms with Crippen molar-refractivity contribution < 1.29 is 4.79 Å². The zero-order chi connectivity index (χ0) is 17.1. The fourth-order valence-corrected chi connectivity index (χ4v) is 3.19. The quantitative estimate of drug-likeness (QED) is 0.801. The van der Waals surface area contributed by atoms with Crippen LogP contribution in [0.5, 0.6) is 0 Å². The summed E-state index contributed by atoms with van der Waals surface area (Å²) in [6, 6.07) is 16.4. The number of rotatable bonds is 4. The van der Waals surface area contributed by atoms with Crippen LogP contribution in [0.2, 0.25) is 0 Å². The highest BCUT2D eigenvalue weighted by atomic mass is 16.1. The van der Waals surface area contributed by atoms with Crippen molar-refractivity contribution >= 4 is 11.5 Å². The molecule has 0 radical (unpaired) electrons. The standard InChI is InChI=1S/C21H26N2O/c1-16(2)22-12-14-23(15-13-22)20-10-8-19(9-11-20)21(24)18-6-4-17(3)5-7-18/h4-11,16H,12-15H2,1-3H3. The van der Waals surface area contributed by atoms with Gasteiger partial charge in [0, 0.05) is 49.0 Å². The molecule has 0 atom stereocenters. The molecule has 2 aromatic rings. The molecule has 0 N–H and O–H groups in total. The third kappa shape index (κ3) is 3.68. The van der Waals surface area contributed by atoms with Gasteiger partial charge in [-0.2, -0.15) is 0 Å². The van der Waals surface area contributed by atoms with Crippen LogP contribution in [0, 0.1) is 6.92 Å². The van der Waals surface area contributed by atoms with Gasteiger partial charge in [-0.25, -0.2) is 0 Å². The van der Waals surface area contributed by atoms with Crippen LogP contribution < -0.4 is 4.90 Å². The van der Waals surface area contributed by atoms with E-state index < -0.39 is 0 Å². The molecule has 3 rings (SSSR count). The second-order valence-corrected chi connectivity index (χ2v) is 6.86. The maximum Gasteiger partial charge on any atom is 0.193 e. The van der Waals surface area contributed by atoms with E-state index in [0.717, 1.165) is 37.3 Å². The maximum absolute atomic E-state index is 12.5. The number of aryl methyl sites for hydroxylation is 1. The average molecular weight is 322 g/mol. The van der Waals surface area contributed by atoms with Crippen molar-refractivity contribution in [2.24, 2.45) is 0 Å². The second-order valence-electron chi connectivity index (χ2n) is 6.86. The lowest BCUT2D eigenvalue weighted by Gasteiger charge is -2.38. The minimum absolute atomic E-state index is 0.0891. The highest BCUT2D eigenvalue weighted by Crippen LogP contribution is 2.20. The van der Waals surface area contributed by atoms with Gasteiger partial charge >= 0.3 is 0 Å². The topological polar surface area (TPSA) is 23.6 Å². The number of carbonyl (C=O) groups is 1. The first-order chi connectivity index (χ1) is 11.5. The molecule has 0 saturated carbocycles. The van der Waals surface area contributed by atoms with Gasteiger partial charge in [0.15, 0.2) is 5.78 Å². The van der Waals surface area contributed by atoms with Gasteiger partial charge in [0.05, 0.1) is 0 Å². The molecule has 3 heteroatoms. The van der Waals surface area contributed by atoms with Crippen LogP contribution in [0.15, 0.2) is 48.5 Å². The molecule has 0 bridgehead atoms. The molecule has 1 saturated heterocycles. The molecular formula is C21H26N2O. The lowest BCUT2D eigenvalue weighted by Crippen LogP contribution is -2.48. The molecule has 1 aliphatic rings. The Morgan fingerprint density at radius 3 is 1.83 bits per heavy atom. The van der Waals surface area contributed by atoms with Crippen molar-refractivity contribution in [1.29, 1.82) is 0 Å². The SMILES string of the molecule is Cc1ccc(C(=O)c2ccc(N3CCN(C(C)C)CC3)cc2)cc1. The fraction of sp³-hybridized carbons (Fsp3) is 0.381. The predicted molar refractivity (Wildman–Crippen MR) is 100.0 cm³/mol. The van der Waals surface area contributed by atoms with E-state index >= 15 is 0 Å². The van der Waals surface area contributed by atoms with Crippen LogP contribution in [-0.2, 0) is 0 Å². The Labute approximate surface area is 144 Å². The number of piperazine rings is 1. The molecule has 1 heterocycles. The first-order valence-electron chi connectivity index (χ1n) is 8.75. The minimum atomic E-state index is 0.0891. The summed E-state index contributed by atoms with van der Waals surface area (Å²) < 4.78 is 0. The van der Waals surface area contributed by atoms with E-state index in [9.17, 15) is 4.79 Å². The van der Waals surface area contributed by atoms with Gasteiger partial charge in [-0.05, 0) is 45.0 Å². The normalized spacial score (nSPS) is 15.8. The van der Waals surface area contributed by atoms with Gasteiger partial charge in [0.2, 0.25) is 0 Å². The van der Waals surface area contributed by atoms with Gasteiger partial charge in [0.25, 0.3) is 0 Å². The van der Waals surface area contributed by atoms with Crippen molar-refractivity contribution in [3.05, 3.63) is 65.2 Å². The number of anilines is 1. The summed E-state index contributed by atoms with van der Waals surface area (Å²) in [7, 11) is 0. The number of benzene rings is 2. The first-order valence-corrected chi connectivity index (χ1v) is 8.75. The van der Waals surface area contributed by atoms with Crippen molar-refractivity contribution in [1.82, 2.24) is 4.90 Å². The van der Waals surface area contributed by atoms with Gasteiger partial charge < -0.3 is 4.90 Å². The van der Waals surface area contributed by atoms with Crippen LogP contribution in [0.25, 0.3) is 0 Å². The summed E-state index contributed by atoms with van der Waals surface area (Å²) in [6.45, 7) is 10.8. The lowest BCUT2D eigenvalue weighted by molar-refractivity contribution is 0.103. The summed E-state index contributed by atoms with van der Waals surface area (Å²) in [5, 5.41) is 0. The molecular weight excluding hydrogens is 296 g/mol. The zero-order valence-electron chi connectivity index (χ0n) is 14.8. The third-order valence-corrected chi connectivity index (χ3v) is 4.85. The smallest absolute Gasteiger partial charge is 0.193 e. The van der Waals surface area contributed by atoms with Crippen LogP contribution >= 0.6 is 0 Å². The van der Waals surface area contributed by atoms with E-state index in [1.165, 1.54) is 11.3 Å². The summed E-state index contributed by atoms with van der Waals surface area (Å²) >= 11 is 0. The van der Waals surface area contributed by atoms with Crippen LogP contribution in [-0.4, -0.2) is 42.9 Å². The van der Waals surface area contributed by atoms with Crippen molar-refractivity contribution in [2.75, 3.05) is 31.1 Å². The minimum Gasteiger partial charge on any atom is -0.369 e. The van der Waals surface area contributed by atoms with Gasteiger partial charge in [-0.3, -0.25) is 9.69 Å². The van der Waals surface area contributed by atoms with Crippen LogP contribution in [0.3, 0.4) is 0 Å². The van der Waals surface area contributed by atoms with E-state index in [4.69, 9.17) is 0 Å². The lowest BCUT2D eigenvalue weighted by atomic mass is 10.0. The Morgan fingerprint density at radius 2 is 1.33 bits per heavy atom.